The van der Waals surface area contributed by atoms with Crippen molar-refractivity contribution in [2.24, 2.45) is 0 Å². The summed E-state index contributed by atoms with van der Waals surface area (Å²) in [6, 6.07) is 11.4. The molecule has 4 aromatic rings. The van der Waals surface area contributed by atoms with Gasteiger partial charge >= 0.3 is 0 Å². The molecule has 0 atom stereocenters. The van der Waals surface area contributed by atoms with Gasteiger partial charge in [0.25, 0.3) is 5.56 Å². The lowest BCUT2D eigenvalue weighted by Crippen LogP contribution is -2.12. The Morgan fingerprint density at radius 1 is 1.05 bits per heavy atom. The predicted molar refractivity (Wildman–Crippen MR) is 79.5 cm³/mol. The van der Waals surface area contributed by atoms with E-state index in [9.17, 15) is 4.79 Å². The van der Waals surface area contributed by atoms with Gasteiger partial charge in [0.15, 0.2) is 11.3 Å². The van der Waals surface area contributed by atoms with Crippen LogP contribution in [0.5, 0.6) is 0 Å². The third-order valence-electron chi connectivity index (χ3n) is 3.17. The Labute approximate surface area is 115 Å². The number of aromatic amines is 2. The first-order valence-electron chi connectivity index (χ1n) is 6.11. The zero-order chi connectivity index (χ0) is 13.5. The summed E-state index contributed by atoms with van der Waals surface area (Å²) >= 11 is 0. The van der Waals surface area contributed by atoms with Gasteiger partial charge in [-0.1, -0.05) is 18.2 Å². The topological polar surface area (TPSA) is 87.3 Å². The number of nitrogens with zero attached hydrogens (tertiary/aromatic N) is 3. The molecule has 0 radical (unpaired) electrons. The van der Waals surface area contributed by atoms with Gasteiger partial charge in [-0.3, -0.25) is 4.79 Å². The number of rotatable bonds is 1. The Kier molecular flexibility index (Phi) is 2.17. The van der Waals surface area contributed by atoms with Gasteiger partial charge in [-0.25, -0.2) is 4.98 Å². The largest absolute Gasteiger partial charge is 0.353 e. The van der Waals surface area contributed by atoms with E-state index in [-0.39, 0.29) is 8.41 Å². The van der Waals surface area contributed by atoms with Gasteiger partial charge in [-0.15, -0.1) is 5.10 Å². The summed E-state index contributed by atoms with van der Waals surface area (Å²) in [6.45, 7) is 0. The number of H-pyrrole nitrogens is 2. The molecule has 2 N–H and O–H groups in total. The molecule has 0 saturated carbocycles. The zero-order valence-electron chi connectivity index (χ0n) is 10.3. The summed E-state index contributed by atoms with van der Waals surface area (Å²) in [6.07, 6.45) is 1.52. The van der Waals surface area contributed by atoms with Gasteiger partial charge in [0.05, 0.1) is 17.4 Å². The summed E-state index contributed by atoms with van der Waals surface area (Å²) < 4.78 is 0. The average molecular weight is 267 g/mol. The average Bonchev–Trinajstić information content (AvgIpc) is 2.90. The standard InChI is InChI=1S/C14H9N5O.2H2/c20-14-12(18-13-10(17-14)5-6-15-19-13)11-7-8-3-1-2-4-9(8)16-11;;/h1-7,16H,(H,17,20);2*1H. The van der Waals surface area contributed by atoms with E-state index in [1.807, 2.05) is 30.3 Å². The Bertz CT molecular complexity index is 962. The molecule has 6 nitrogen and oxygen atoms in total. The number of hydrogen-bond donors (Lipinski definition) is 2. The summed E-state index contributed by atoms with van der Waals surface area (Å²) in [5.74, 6) is 0. The normalized spacial score (nSPS) is 11.2. The van der Waals surface area contributed by atoms with Crippen LogP contribution in [0.1, 0.15) is 2.85 Å². The van der Waals surface area contributed by atoms with E-state index in [4.69, 9.17) is 0 Å². The molecule has 0 amide bonds. The van der Waals surface area contributed by atoms with Crippen LogP contribution in [0.3, 0.4) is 0 Å². The van der Waals surface area contributed by atoms with Crippen LogP contribution >= 0.6 is 0 Å². The lowest BCUT2D eigenvalue weighted by molar-refractivity contribution is 1.03. The maximum absolute atomic E-state index is 12.1. The fraction of sp³-hybridized carbons (Fsp3) is 0. The van der Waals surface area contributed by atoms with Crippen LogP contribution in [0.2, 0.25) is 0 Å². The highest BCUT2D eigenvalue weighted by Crippen LogP contribution is 2.20. The molecule has 3 heterocycles. The zero-order valence-corrected chi connectivity index (χ0v) is 10.3. The number of aromatic nitrogens is 5. The molecule has 20 heavy (non-hydrogen) atoms. The molecule has 0 unspecified atom stereocenters. The second-order valence-electron chi connectivity index (χ2n) is 4.45. The molecule has 1 aromatic carbocycles. The van der Waals surface area contributed by atoms with Crippen molar-refractivity contribution in [1.29, 1.82) is 0 Å². The number of nitrogens with one attached hydrogen (secondary N) is 2. The highest BCUT2D eigenvalue weighted by Gasteiger charge is 2.10. The third-order valence-corrected chi connectivity index (χ3v) is 3.17. The van der Waals surface area contributed by atoms with Crippen molar-refractivity contribution in [3.05, 3.63) is 52.9 Å². The minimum atomic E-state index is -0.253. The number of hydrogen-bond acceptors (Lipinski definition) is 4. The van der Waals surface area contributed by atoms with E-state index in [2.05, 4.69) is 25.1 Å². The molecule has 0 aliphatic carbocycles. The summed E-state index contributed by atoms with van der Waals surface area (Å²) in [4.78, 5) is 22.4. The van der Waals surface area contributed by atoms with Gasteiger partial charge in [0.1, 0.15) is 0 Å². The second kappa shape index (κ2) is 3.99. The van der Waals surface area contributed by atoms with Gasteiger partial charge < -0.3 is 9.97 Å². The molecule has 6 heteroatoms. The molecule has 0 aliphatic rings. The second-order valence-corrected chi connectivity index (χ2v) is 4.45. The quantitative estimate of drug-likeness (QED) is 0.554. The molecule has 100 valence electrons. The highest BCUT2D eigenvalue weighted by molar-refractivity contribution is 5.85. The van der Waals surface area contributed by atoms with Crippen molar-refractivity contribution in [2.45, 2.75) is 0 Å². The number of para-hydroxylation sites is 1. The molecular weight excluding hydrogens is 254 g/mol. The molecule has 4 rings (SSSR count). The fourth-order valence-electron chi connectivity index (χ4n) is 2.23. The maximum Gasteiger partial charge on any atom is 0.276 e. The number of benzene rings is 1. The highest BCUT2D eigenvalue weighted by atomic mass is 16.1. The molecule has 0 fully saturated rings. The first-order valence-corrected chi connectivity index (χ1v) is 6.11. The third kappa shape index (κ3) is 1.58. The van der Waals surface area contributed by atoms with Crippen LogP contribution in [0.15, 0.2) is 47.4 Å². The van der Waals surface area contributed by atoms with E-state index in [1.54, 1.807) is 6.07 Å². The van der Waals surface area contributed by atoms with Crippen molar-refractivity contribution < 1.29 is 2.85 Å². The molecular formula is C14H13N5O. The SMILES string of the molecule is O=c1[nH]c2ccnnc2nc1-c1cc2ccccc2[nH]1.[HH].[HH]. The minimum absolute atomic E-state index is 0. The van der Waals surface area contributed by atoms with Crippen molar-refractivity contribution in [2.75, 3.05) is 0 Å². The Morgan fingerprint density at radius 2 is 1.95 bits per heavy atom. The molecule has 0 bridgehead atoms. The van der Waals surface area contributed by atoms with Crippen molar-refractivity contribution in [3.8, 4) is 11.4 Å². The number of fused-ring (bicyclic) bond motifs is 2. The van der Waals surface area contributed by atoms with Gasteiger partial charge in [-0.05, 0) is 18.2 Å². The van der Waals surface area contributed by atoms with E-state index in [0.717, 1.165) is 10.9 Å². The van der Waals surface area contributed by atoms with Crippen LogP contribution < -0.4 is 5.56 Å². The summed E-state index contributed by atoms with van der Waals surface area (Å²) in [5, 5.41) is 8.72. The van der Waals surface area contributed by atoms with Crippen molar-refractivity contribution >= 4 is 22.1 Å². The summed E-state index contributed by atoms with van der Waals surface area (Å²) in [5.41, 5.74) is 2.68. The summed E-state index contributed by atoms with van der Waals surface area (Å²) in [7, 11) is 0. The first kappa shape index (κ1) is 10.9. The van der Waals surface area contributed by atoms with Crippen LogP contribution in [-0.2, 0) is 0 Å². The molecule has 0 saturated heterocycles. The monoisotopic (exact) mass is 267 g/mol. The maximum atomic E-state index is 12.1. The van der Waals surface area contributed by atoms with Crippen LogP contribution in [0, 0.1) is 0 Å². The van der Waals surface area contributed by atoms with Crippen LogP contribution in [0.25, 0.3) is 33.5 Å². The van der Waals surface area contributed by atoms with Crippen molar-refractivity contribution in [3.63, 3.8) is 0 Å². The Hall–Kier alpha value is -3.02. The molecule has 0 aliphatic heterocycles. The predicted octanol–water partition coefficient (Wildman–Crippen LogP) is 2.35. The Morgan fingerprint density at radius 3 is 2.85 bits per heavy atom. The van der Waals surface area contributed by atoms with Crippen molar-refractivity contribution in [1.82, 2.24) is 25.1 Å². The minimum Gasteiger partial charge on any atom is -0.353 e. The fourth-order valence-corrected chi connectivity index (χ4v) is 2.23. The molecule has 3 aromatic heterocycles. The van der Waals surface area contributed by atoms with E-state index in [0.29, 0.717) is 22.6 Å². The van der Waals surface area contributed by atoms with Crippen LogP contribution in [-0.4, -0.2) is 25.1 Å². The van der Waals surface area contributed by atoms with E-state index >= 15 is 0 Å². The van der Waals surface area contributed by atoms with Crippen LogP contribution in [0.4, 0.5) is 0 Å². The Balaban J connectivity index is 0.000000882. The van der Waals surface area contributed by atoms with E-state index < -0.39 is 0 Å². The lowest BCUT2D eigenvalue weighted by Gasteiger charge is -1.98. The first-order chi connectivity index (χ1) is 9.81. The smallest absolute Gasteiger partial charge is 0.276 e. The van der Waals surface area contributed by atoms with Gasteiger partial charge in [-0.2, -0.15) is 5.10 Å². The van der Waals surface area contributed by atoms with E-state index in [1.165, 1.54) is 6.20 Å². The lowest BCUT2D eigenvalue weighted by atomic mass is 10.2. The van der Waals surface area contributed by atoms with Gasteiger partial charge in [0, 0.05) is 13.8 Å². The van der Waals surface area contributed by atoms with Gasteiger partial charge in [0.2, 0.25) is 0 Å². The molecule has 0 spiro atoms.